The van der Waals surface area contributed by atoms with Gasteiger partial charge in [-0.2, -0.15) is 0 Å². The van der Waals surface area contributed by atoms with Crippen LogP contribution in [0.3, 0.4) is 0 Å². The first-order valence-electron chi connectivity index (χ1n) is 3.43. The van der Waals surface area contributed by atoms with Crippen LogP contribution in [0.5, 0.6) is 0 Å². The van der Waals surface area contributed by atoms with Crippen LogP contribution < -0.4 is 0 Å². The maximum absolute atomic E-state index is 12.8. The third-order valence-corrected chi connectivity index (χ3v) is 1.70. The second-order valence-corrected chi connectivity index (χ2v) is 2.46. The van der Waals surface area contributed by atoms with Crippen molar-refractivity contribution in [3.8, 4) is 0 Å². The maximum atomic E-state index is 12.8. The van der Waals surface area contributed by atoms with Crippen molar-refractivity contribution < 1.29 is 14.3 Å². The van der Waals surface area contributed by atoms with E-state index in [1.807, 2.05) is 0 Å². The maximum Gasteiger partial charge on any atom is 0.336 e. The summed E-state index contributed by atoms with van der Waals surface area (Å²) in [5.74, 6) is -2.01. The number of nitroso groups, excluding NO2 is 1. The van der Waals surface area contributed by atoms with Gasteiger partial charge in [0.2, 0.25) is 0 Å². The summed E-state index contributed by atoms with van der Waals surface area (Å²) in [4.78, 5) is 20.7. The van der Waals surface area contributed by atoms with E-state index in [0.29, 0.717) is 0 Å². The second-order valence-electron chi connectivity index (χ2n) is 2.46. The minimum Gasteiger partial charge on any atom is -0.478 e. The molecule has 1 rings (SSSR count). The highest BCUT2D eigenvalue weighted by Crippen LogP contribution is 2.25. The minimum absolute atomic E-state index is 0.0440. The largest absolute Gasteiger partial charge is 0.478 e. The molecule has 68 valence electrons. The molecule has 0 aliphatic carbocycles. The van der Waals surface area contributed by atoms with Gasteiger partial charge in [-0.1, -0.05) is 0 Å². The van der Waals surface area contributed by atoms with Gasteiger partial charge >= 0.3 is 5.97 Å². The number of rotatable bonds is 2. The molecule has 0 aliphatic heterocycles. The zero-order chi connectivity index (χ0) is 10.0. The second kappa shape index (κ2) is 3.30. The van der Waals surface area contributed by atoms with Crippen LogP contribution >= 0.6 is 0 Å². The molecule has 0 saturated heterocycles. The monoisotopic (exact) mass is 183 g/mol. The van der Waals surface area contributed by atoms with Crippen molar-refractivity contribution in [1.29, 1.82) is 0 Å². The average Bonchev–Trinajstić information content (AvgIpc) is 2.04. The van der Waals surface area contributed by atoms with Gasteiger partial charge in [0.25, 0.3) is 0 Å². The molecule has 0 fully saturated rings. The summed E-state index contributed by atoms with van der Waals surface area (Å²) < 4.78 is 12.8. The number of aromatic carboxylic acids is 1. The lowest BCUT2D eigenvalue weighted by molar-refractivity contribution is 0.0696. The summed E-state index contributed by atoms with van der Waals surface area (Å²) in [5.41, 5.74) is -0.515. The third kappa shape index (κ3) is 1.53. The molecular weight excluding hydrogens is 177 g/mol. The smallest absolute Gasteiger partial charge is 0.336 e. The number of carboxylic acids is 1. The third-order valence-electron chi connectivity index (χ3n) is 1.70. The first-order valence-corrected chi connectivity index (χ1v) is 3.43. The van der Waals surface area contributed by atoms with Crippen molar-refractivity contribution >= 4 is 11.7 Å². The molecule has 0 saturated carbocycles. The van der Waals surface area contributed by atoms with Crippen molar-refractivity contribution in [3.05, 3.63) is 34.0 Å². The number of halogens is 1. The Kier molecular flexibility index (Phi) is 2.36. The fourth-order valence-corrected chi connectivity index (χ4v) is 1.01. The standard InChI is InChI=1S/C8H6FNO3/c1-4-5(8(11)12)2-3-6(9)7(4)10-13/h2-3H,1H3,(H,11,12). The Hall–Kier alpha value is -1.78. The fraction of sp³-hybridized carbons (Fsp3) is 0.125. The topological polar surface area (TPSA) is 66.7 Å². The Morgan fingerprint density at radius 1 is 1.54 bits per heavy atom. The number of carbonyl (C=O) groups is 1. The first-order chi connectivity index (χ1) is 6.07. The van der Waals surface area contributed by atoms with Crippen LogP contribution in [0.4, 0.5) is 10.1 Å². The highest BCUT2D eigenvalue weighted by molar-refractivity contribution is 5.90. The number of nitrogens with zero attached hydrogens (tertiary/aromatic N) is 1. The van der Waals surface area contributed by atoms with Crippen molar-refractivity contribution in [1.82, 2.24) is 0 Å². The van der Waals surface area contributed by atoms with Crippen LogP contribution in [0.2, 0.25) is 0 Å². The number of hydrogen-bond acceptors (Lipinski definition) is 3. The summed E-state index contributed by atoms with van der Waals surface area (Å²) in [6.45, 7) is 1.34. The predicted octanol–water partition coefficient (Wildman–Crippen LogP) is 2.23. The zero-order valence-corrected chi connectivity index (χ0v) is 6.74. The van der Waals surface area contributed by atoms with Gasteiger partial charge in [0.15, 0.2) is 5.82 Å². The highest BCUT2D eigenvalue weighted by atomic mass is 19.1. The van der Waals surface area contributed by atoms with Crippen LogP contribution in [0.1, 0.15) is 15.9 Å². The van der Waals surface area contributed by atoms with Crippen molar-refractivity contribution in [2.45, 2.75) is 6.92 Å². The summed E-state index contributed by atoms with van der Waals surface area (Å²) in [6, 6.07) is 2.01. The lowest BCUT2D eigenvalue weighted by atomic mass is 10.1. The van der Waals surface area contributed by atoms with Crippen LogP contribution in [-0.4, -0.2) is 11.1 Å². The molecule has 0 spiro atoms. The average molecular weight is 183 g/mol. The van der Waals surface area contributed by atoms with Crippen LogP contribution in [0, 0.1) is 17.6 Å². The molecule has 1 aromatic rings. The fourth-order valence-electron chi connectivity index (χ4n) is 1.01. The molecule has 0 bridgehead atoms. The van der Waals surface area contributed by atoms with E-state index in [1.165, 1.54) is 6.92 Å². The predicted molar refractivity (Wildman–Crippen MR) is 43.6 cm³/mol. The molecule has 13 heavy (non-hydrogen) atoms. The lowest BCUT2D eigenvalue weighted by Crippen LogP contribution is -2.00. The van der Waals surface area contributed by atoms with Crippen molar-refractivity contribution in [2.75, 3.05) is 0 Å². The minimum atomic E-state index is -1.21. The molecule has 0 aliphatic rings. The Morgan fingerprint density at radius 3 is 2.62 bits per heavy atom. The van der Waals surface area contributed by atoms with E-state index in [0.717, 1.165) is 12.1 Å². The molecule has 0 amide bonds. The van der Waals surface area contributed by atoms with E-state index in [2.05, 4.69) is 5.18 Å². The van der Waals surface area contributed by atoms with Crippen LogP contribution in [0.25, 0.3) is 0 Å². The van der Waals surface area contributed by atoms with Crippen molar-refractivity contribution in [2.24, 2.45) is 5.18 Å². The van der Waals surface area contributed by atoms with E-state index >= 15 is 0 Å². The molecule has 0 aromatic heterocycles. The van der Waals surface area contributed by atoms with Gasteiger partial charge in [-0.15, -0.1) is 4.91 Å². The van der Waals surface area contributed by atoms with Crippen molar-refractivity contribution in [3.63, 3.8) is 0 Å². The van der Waals surface area contributed by atoms with E-state index in [1.54, 1.807) is 0 Å². The Morgan fingerprint density at radius 2 is 2.15 bits per heavy atom. The number of carboxylic acid groups (broad SMARTS) is 1. The zero-order valence-electron chi connectivity index (χ0n) is 6.74. The van der Waals surface area contributed by atoms with Gasteiger partial charge in [-0.3, -0.25) is 0 Å². The molecule has 1 aromatic carbocycles. The van der Waals surface area contributed by atoms with Gasteiger partial charge < -0.3 is 5.11 Å². The molecule has 1 N–H and O–H groups in total. The Balaban J connectivity index is 3.44. The summed E-state index contributed by atoms with van der Waals surface area (Å²) in [6.07, 6.45) is 0. The van der Waals surface area contributed by atoms with Crippen LogP contribution in [0.15, 0.2) is 17.3 Å². The molecular formula is C8H6FNO3. The number of benzene rings is 1. The van der Waals surface area contributed by atoms with Gasteiger partial charge in [0.05, 0.1) is 5.56 Å². The van der Waals surface area contributed by atoms with E-state index < -0.39 is 17.5 Å². The highest BCUT2D eigenvalue weighted by Gasteiger charge is 2.14. The molecule has 5 heteroatoms. The van der Waals surface area contributed by atoms with E-state index in [9.17, 15) is 14.1 Å². The van der Waals surface area contributed by atoms with Gasteiger partial charge in [-0.25, -0.2) is 9.18 Å². The molecule has 0 unspecified atom stereocenters. The SMILES string of the molecule is Cc1c(C(=O)O)ccc(F)c1N=O. The molecule has 4 nitrogen and oxygen atoms in total. The van der Waals surface area contributed by atoms with E-state index in [-0.39, 0.29) is 11.1 Å². The summed E-state index contributed by atoms with van der Waals surface area (Å²) in [7, 11) is 0. The Labute approximate surface area is 73.0 Å². The molecule has 0 atom stereocenters. The quantitative estimate of drug-likeness (QED) is 0.715. The summed E-state index contributed by atoms with van der Waals surface area (Å²) in [5, 5.41) is 11.0. The Bertz CT molecular complexity index is 376. The molecule has 0 radical (unpaired) electrons. The van der Waals surface area contributed by atoms with E-state index in [4.69, 9.17) is 5.11 Å². The number of hydrogen-bond donors (Lipinski definition) is 1. The first kappa shape index (κ1) is 9.31. The van der Waals surface area contributed by atoms with Crippen LogP contribution in [-0.2, 0) is 0 Å². The normalized spacial score (nSPS) is 9.69. The van der Waals surface area contributed by atoms with Gasteiger partial charge in [0, 0.05) is 0 Å². The molecule has 0 heterocycles. The lowest BCUT2D eigenvalue weighted by Gasteiger charge is -2.02. The summed E-state index contributed by atoms with van der Waals surface area (Å²) >= 11 is 0. The van der Waals surface area contributed by atoms with Gasteiger partial charge in [-0.05, 0) is 29.8 Å². The van der Waals surface area contributed by atoms with Gasteiger partial charge in [0.1, 0.15) is 5.69 Å².